The Labute approximate surface area is 245 Å². The minimum atomic E-state index is -3.81. The molecular formula is C30H29F3N6O3S. The van der Waals surface area contributed by atoms with Gasteiger partial charge in [0.1, 0.15) is 23.1 Å². The molecule has 0 amide bonds. The van der Waals surface area contributed by atoms with E-state index in [1.807, 2.05) is 6.92 Å². The van der Waals surface area contributed by atoms with Crippen molar-refractivity contribution in [1.82, 2.24) is 29.6 Å². The van der Waals surface area contributed by atoms with Crippen LogP contribution in [0, 0.1) is 18.7 Å². The van der Waals surface area contributed by atoms with Gasteiger partial charge in [0, 0.05) is 62.5 Å². The predicted molar refractivity (Wildman–Crippen MR) is 157 cm³/mol. The molecule has 6 rings (SSSR count). The van der Waals surface area contributed by atoms with E-state index in [1.165, 1.54) is 24.6 Å². The van der Waals surface area contributed by atoms with Crippen LogP contribution in [0.3, 0.4) is 0 Å². The van der Waals surface area contributed by atoms with E-state index in [9.17, 15) is 17.6 Å². The third-order valence-corrected chi connectivity index (χ3v) is 9.91. The number of sulfone groups is 1. The summed E-state index contributed by atoms with van der Waals surface area (Å²) in [5.74, 6) is -1.91. The van der Waals surface area contributed by atoms with Gasteiger partial charge >= 0.3 is 0 Å². The summed E-state index contributed by atoms with van der Waals surface area (Å²) in [5, 5.41) is 6.36. The second kappa shape index (κ2) is 9.90. The second-order valence-corrected chi connectivity index (χ2v) is 13.6. The Morgan fingerprint density at radius 2 is 1.74 bits per heavy atom. The molecule has 9 nitrogen and oxygen atoms in total. The van der Waals surface area contributed by atoms with Crippen molar-refractivity contribution in [2.45, 2.75) is 37.2 Å². The van der Waals surface area contributed by atoms with Crippen LogP contribution in [0.25, 0.3) is 33.4 Å². The molecule has 4 atom stereocenters. The number of pyridine rings is 1. The minimum Gasteiger partial charge on any atom is -0.375 e. The average Bonchev–Trinajstić information content (AvgIpc) is 3.46. The van der Waals surface area contributed by atoms with Crippen LogP contribution in [0.5, 0.6) is 0 Å². The first-order valence-corrected chi connectivity index (χ1v) is 15.5. The van der Waals surface area contributed by atoms with Crippen molar-refractivity contribution < 1.29 is 21.6 Å². The maximum Gasteiger partial charge on any atom is 0.258 e. The summed E-state index contributed by atoms with van der Waals surface area (Å²) in [6.07, 6.45) is 6.71. The normalized spacial score (nSPS) is 23.7. The quantitative estimate of drug-likeness (QED) is 0.349. The number of allylic oxidation sites excluding steroid dienone is 3. The van der Waals surface area contributed by atoms with Crippen molar-refractivity contribution in [3.63, 3.8) is 0 Å². The zero-order chi connectivity index (χ0) is 31.0. The van der Waals surface area contributed by atoms with E-state index >= 15 is 8.78 Å². The number of halogens is 3. The van der Waals surface area contributed by atoms with Gasteiger partial charge < -0.3 is 9.88 Å². The maximum absolute atomic E-state index is 15.4. The van der Waals surface area contributed by atoms with Gasteiger partial charge in [0.25, 0.3) is 5.56 Å². The predicted octanol–water partition coefficient (Wildman–Crippen LogP) is 4.17. The van der Waals surface area contributed by atoms with Crippen molar-refractivity contribution in [2.24, 2.45) is 20.0 Å². The summed E-state index contributed by atoms with van der Waals surface area (Å²) >= 11 is 0. The van der Waals surface area contributed by atoms with Gasteiger partial charge in [-0.2, -0.15) is 5.10 Å². The molecule has 0 spiro atoms. The van der Waals surface area contributed by atoms with Crippen LogP contribution in [0.2, 0.25) is 0 Å². The van der Waals surface area contributed by atoms with Gasteiger partial charge in [-0.3, -0.25) is 9.48 Å². The van der Waals surface area contributed by atoms with Crippen LogP contribution >= 0.6 is 0 Å². The summed E-state index contributed by atoms with van der Waals surface area (Å²) in [6, 6.07) is 3.90. The SMILES string of the molecule is Cc1nn(C)cc1-c1ncc(-c2cc3c(C4(NC5=CC=C(F)C(C)C5S(C)(=O)=O)C[C@H]4F)cc(F)cc3c(=O)n2C)cn1. The van der Waals surface area contributed by atoms with E-state index in [2.05, 4.69) is 20.4 Å². The van der Waals surface area contributed by atoms with E-state index < -0.39 is 49.9 Å². The van der Waals surface area contributed by atoms with Gasteiger partial charge in [-0.05, 0) is 48.2 Å². The topological polar surface area (TPSA) is 112 Å². The van der Waals surface area contributed by atoms with Gasteiger partial charge in [0.15, 0.2) is 15.7 Å². The van der Waals surface area contributed by atoms with Gasteiger partial charge in [0.2, 0.25) is 0 Å². The molecule has 1 fully saturated rings. The number of nitrogens with one attached hydrogen (secondary N) is 1. The Kier molecular flexibility index (Phi) is 6.64. The molecule has 2 aliphatic rings. The lowest BCUT2D eigenvalue weighted by Crippen LogP contribution is -2.42. The molecule has 3 unspecified atom stereocenters. The van der Waals surface area contributed by atoms with Crippen LogP contribution in [-0.2, 0) is 29.5 Å². The number of nitrogens with zero attached hydrogens (tertiary/aromatic N) is 5. The fourth-order valence-corrected chi connectivity index (χ4v) is 7.51. The van der Waals surface area contributed by atoms with Crippen molar-refractivity contribution >= 4 is 20.6 Å². The summed E-state index contributed by atoms with van der Waals surface area (Å²) in [6.45, 7) is 3.28. The molecule has 3 aromatic heterocycles. The summed E-state index contributed by atoms with van der Waals surface area (Å²) < 4.78 is 73.2. The van der Waals surface area contributed by atoms with Crippen LogP contribution in [0.1, 0.15) is 24.6 Å². The molecule has 0 aliphatic heterocycles. The van der Waals surface area contributed by atoms with Gasteiger partial charge in [0.05, 0.1) is 27.9 Å². The fraction of sp³-hybridized carbons (Fsp3) is 0.333. The number of aromatic nitrogens is 5. The van der Waals surface area contributed by atoms with Crippen LogP contribution in [0.4, 0.5) is 13.2 Å². The molecule has 0 bridgehead atoms. The first kappa shape index (κ1) is 28.8. The number of benzene rings is 1. The standard InChI is InChI=1S/C30H29F3N6O3S/c1-15-23(32)6-7-24(27(15)43(5,41)42)36-30(11-26(30)33)22-9-18(31)8-20-19(22)10-25(39(4)29(20)40)17-12-34-28(35-13-17)21-14-38(3)37-16(21)2/h6-10,12-15,26-27,36H,11H2,1-5H3/t15?,26-,27?,30?/m1/s1. The van der Waals surface area contributed by atoms with E-state index in [0.29, 0.717) is 22.5 Å². The molecule has 4 aromatic rings. The Bertz CT molecular complexity index is 2030. The monoisotopic (exact) mass is 610 g/mol. The maximum atomic E-state index is 15.4. The Morgan fingerprint density at radius 3 is 2.33 bits per heavy atom. The summed E-state index contributed by atoms with van der Waals surface area (Å²) in [4.78, 5) is 22.5. The molecule has 13 heteroatoms. The van der Waals surface area contributed by atoms with Crippen LogP contribution < -0.4 is 10.9 Å². The highest BCUT2D eigenvalue weighted by Gasteiger charge is 2.59. The van der Waals surface area contributed by atoms with Crippen molar-refractivity contribution in [1.29, 1.82) is 0 Å². The number of hydrogen-bond acceptors (Lipinski definition) is 7. The Hall–Kier alpha value is -4.26. The van der Waals surface area contributed by atoms with Gasteiger partial charge in [-0.1, -0.05) is 6.92 Å². The largest absolute Gasteiger partial charge is 0.375 e. The molecule has 1 saturated carbocycles. The fourth-order valence-electron chi connectivity index (χ4n) is 6.04. The summed E-state index contributed by atoms with van der Waals surface area (Å²) in [7, 11) is -0.482. The highest BCUT2D eigenvalue weighted by Crippen LogP contribution is 2.52. The lowest BCUT2D eigenvalue weighted by atomic mass is 9.93. The van der Waals surface area contributed by atoms with Crippen LogP contribution in [0.15, 0.2) is 65.3 Å². The number of aryl methyl sites for hydroxylation is 2. The molecule has 224 valence electrons. The minimum absolute atomic E-state index is 0.0293. The Morgan fingerprint density at radius 1 is 1.07 bits per heavy atom. The third kappa shape index (κ3) is 4.75. The molecule has 3 heterocycles. The average molecular weight is 611 g/mol. The molecule has 1 aromatic carbocycles. The van der Waals surface area contributed by atoms with Crippen molar-refractivity contribution in [3.8, 4) is 22.6 Å². The lowest BCUT2D eigenvalue weighted by Gasteiger charge is -2.31. The van der Waals surface area contributed by atoms with Gasteiger partial charge in [-0.25, -0.2) is 31.6 Å². The molecular weight excluding hydrogens is 581 g/mol. The molecule has 43 heavy (non-hydrogen) atoms. The van der Waals surface area contributed by atoms with E-state index in [-0.39, 0.29) is 23.1 Å². The smallest absolute Gasteiger partial charge is 0.258 e. The molecule has 0 saturated heterocycles. The van der Waals surface area contributed by atoms with Crippen molar-refractivity contribution in [2.75, 3.05) is 6.26 Å². The molecule has 0 radical (unpaired) electrons. The first-order valence-electron chi connectivity index (χ1n) is 13.6. The number of hydrogen-bond donors (Lipinski definition) is 1. The number of rotatable bonds is 6. The van der Waals surface area contributed by atoms with Gasteiger partial charge in [-0.15, -0.1) is 0 Å². The lowest BCUT2D eigenvalue weighted by molar-refractivity contribution is 0.383. The zero-order valence-corrected chi connectivity index (χ0v) is 24.9. The zero-order valence-electron chi connectivity index (χ0n) is 24.1. The molecule has 1 N–H and O–H groups in total. The highest BCUT2D eigenvalue weighted by atomic mass is 32.2. The van der Waals surface area contributed by atoms with Crippen LogP contribution in [-0.4, -0.2) is 50.4 Å². The van der Waals surface area contributed by atoms with E-state index in [4.69, 9.17) is 0 Å². The molecule has 2 aliphatic carbocycles. The van der Waals surface area contributed by atoms with E-state index in [1.54, 1.807) is 36.4 Å². The number of fused-ring (bicyclic) bond motifs is 1. The number of alkyl halides is 1. The van der Waals surface area contributed by atoms with Crippen molar-refractivity contribution in [3.05, 3.63) is 87.9 Å². The highest BCUT2D eigenvalue weighted by molar-refractivity contribution is 7.91. The summed E-state index contributed by atoms with van der Waals surface area (Å²) in [5.41, 5.74) is 0.634. The second-order valence-electron chi connectivity index (χ2n) is 11.4. The van der Waals surface area contributed by atoms with E-state index in [0.717, 1.165) is 35.7 Å². The third-order valence-electron chi connectivity index (χ3n) is 8.33. The first-order chi connectivity index (χ1) is 20.2. The Balaban J connectivity index is 1.48.